The number of carbonyl (C=O) groups excluding carboxylic acids is 1. The number of nitrogens with one attached hydrogen (secondary N) is 1. The second kappa shape index (κ2) is 6.70. The van der Waals surface area contributed by atoms with Gasteiger partial charge in [-0.2, -0.15) is 0 Å². The maximum atomic E-state index is 12.6. The molecule has 7 heteroatoms. The van der Waals surface area contributed by atoms with Crippen LogP contribution < -0.4 is 10.1 Å². The molecule has 0 aliphatic carbocycles. The molecule has 1 amide bonds. The monoisotopic (exact) mass is 405 g/mol. The highest BCUT2D eigenvalue weighted by molar-refractivity contribution is 7.22. The van der Waals surface area contributed by atoms with Crippen LogP contribution in [-0.4, -0.2) is 22.2 Å². The maximum Gasteiger partial charge on any atom is 0.279 e. The molecule has 0 bridgehead atoms. The predicted molar refractivity (Wildman–Crippen MR) is 113 cm³/mol. The SMILES string of the molecule is Cc1cc(C)c2nc(NC(=O)c3cc(-c4ccc5c(c4)CC(C)O5)on3)sc2c1. The molecule has 0 spiro atoms. The highest BCUT2D eigenvalue weighted by Gasteiger charge is 2.21. The summed E-state index contributed by atoms with van der Waals surface area (Å²) in [4.78, 5) is 17.2. The van der Waals surface area contributed by atoms with Crippen LogP contribution >= 0.6 is 11.3 Å². The second-order valence-corrected chi connectivity index (χ2v) is 8.46. The van der Waals surface area contributed by atoms with E-state index in [1.54, 1.807) is 6.07 Å². The topological polar surface area (TPSA) is 77.2 Å². The summed E-state index contributed by atoms with van der Waals surface area (Å²) in [5.41, 5.74) is 5.41. The van der Waals surface area contributed by atoms with Crippen molar-refractivity contribution < 1.29 is 14.1 Å². The first-order chi connectivity index (χ1) is 14.0. The first-order valence-corrected chi connectivity index (χ1v) is 10.2. The van der Waals surface area contributed by atoms with Gasteiger partial charge in [0.05, 0.1) is 10.2 Å². The summed E-state index contributed by atoms with van der Waals surface area (Å²) in [6.45, 7) is 6.11. The molecular weight excluding hydrogens is 386 g/mol. The van der Waals surface area contributed by atoms with E-state index < -0.39 is 0 Å². The van der Waals surface area contributed by atoms with Crippen LogP contribution in [0.5, 0.6) is 5.75 Å². The molecule has 6 nitrogen and oxygen atoms in total. The molecule has 1 atom stereocenters. The summed E-state index contributed by atoms with van der Waals surface area (Å²) in [6.07, 6.45) is 1.04. The lowest BCUT2D eigenvalue weighted by Gasteiger charge is -2.02. The molecule has 29 heavy (non-hydrogen) atoms. The third kappa shape index (κ3) is 3.27. The van der Waals surface area contributed by atoms with Gasteiger partial charge >= 0.3 is 0 Å². The van der Waals surface area contributed by atoms with Crippen molar-refractivity contribution in [3.63, 3.8) is 0 Å². The molecule has 0 saturated carbocycles. The lowest BCUT2D eigenvalue weighted by molar-refractivity contribution is 0.101. The zero-order valence-electron chi connectivity index (χ0n) is 16.3. The van der Waals surface area contributed by atoms with Gasteiger partial charge in [-0.25, -0.2) is 4.98 Å². The molecule has 0 fully saturated rings. The normalized spacial score (nSPS) is 15.3. The first-order valence-electron chi connectivity index (χ1n) is 9.42. The highest BCUT2D eigenvalue weighted by Crippen LogP contribution is 2.33. The summed E-state index contributed by atoms with van der Waals surface area (Å²) in [7, 11) is 0. The van der Waals surface area contributed by atoms with Crippen LogP contribution in [-0.2, 0) is 6.42 Å². The van der Waals surface area contributed by atoms with Gasteiger partial charge in [-0.05, 0) is 61.7 Å². The summed E-state index contributed by atoms with van der Waals surface area (Å²) >= 11 is 1.45. The number of hydrogen-bond acceptors (Lipinski definition) is 6. The van der Waals surface area contributed by atoms with Crippen molar-refractivity contribution in [1.82, 2.24) is 10.1 Å². The molecule has 1 N–H and O–H groups in total. The summed E-state index contributed by atoms with van der Waals surface area (Å²) in [5.74, 6) is 1.11. The lowest BCUT2D eigenvalue weighted by Crippen LogP contribution is -2.11. The van der Waals surface area contributed by atoms with Crippen LogP contribution in [0.15, 0.2) is 40.9 Å². The number of thiazole rings is 1. The molecule has 0 radical (unpaired) electrons. The average Bonchev–Trinajstić information content (AvgIpc) is 3.37. The standard InChI is InChI=1S/C22H19N3O3S/c1-11-6-12(2)20-19(7-11)29-22(23-20)24-21(26)16-10-18(28-25-16)14-4-5-17-15(9-14)8-13(3)27-17/h4-7,9-10,13H,8H2,1-3H3,(H,23,24,26). The first kappa shape index (κ1) is 17.9. The Kier molecular flexibility index (Phi) is 4.13. The number of aromatic nitrogens is 2. The zero-order chi connectivity index (χ0) is 20.1. The third-order valence-corrected chi connectivity index (χ3v) is 5.89. The van der Waals surface area contributed by atoms with E-state index in [1.165, 1.54) is 16.9 Å². The number of anilines is 1. The number of fused-ring (bicyclic) bond motifs is 2. The molecule has 1 aliphatic heterocycles. The van der Waals surface area contributed by atoms with Gasteiger partial charge in [0.15, 0.2) is 16.6 Å². The smallest absolute Gasteiger partial charge is 0.279 e. The molecule has 0 saturated heterocycles. The maximum absolute atomic E-state index is 12.6. The summed E-state index contributed by atoms with van der Waals surface area (Å²) in [6, 6.07) is 11.7. The molecule has 3 heterocycles. The van der Waals surface area contributed by atoms with E-state index in [2.05, 4.69) is 27.6 Å². The molecule has 146 valence electrons. The van der Waals surface area contributed by atoms with E-state index in [0.29, 0.717) is 10.9 Å². The van der Waals surface area contributed by atoms with Gasteiger partial charge in [-0.3, -0.25) is 10.1 Å². The third-order valence-electron chi connectivity index (χ3n) is 4.97. The fourth-order valence-electron chi connectivity index (χ4n) is 3.68. The van der Waals surface area contributed by atoms with Crippen molar-refractivity contribution in [1.29, 1.82) is 0 Å². The van der Waals surface area contributed by atoms with Gasteiger partial charge in [-0.15, -0.1) is 0 Å². The van der Waals surface area contributed by atoms with E-state index in [4.69, 9.17) is 9.26 Å². The van der Waals surface area contributed by atoms with Crippen molar-refractivity contribution in [2.75, 3.05) is 5.32 Å². The molecule has 5 rings (SSSR count). The van der Waals surface area contributed by atoms with E-state index in [1.807, 2.05) is 39.0 Å². The van der Waals surface area contributed by atoms with Gasteiger partial charge in [-0.1, -0.05) is 22.6 Å². The molecule has 2 aromatic carbocycles. The molecular formula is C22H19N3O3S. The van der Waals surface area contributed by atoms with Crippen LogP contribution in [0.3, 0.4) is 0 Å². The second-order valence-electron chi connectivity index (χ2n) is 7.43. The van der Waals surface area contributed by atoms with Crippen LogP contribution in [0.2, 0.25) is 0 Å². The van der Waals surface area contributed by atoms with Gasteiger partial charge in [0.2, 0.25) is 0 Å². The van der Waals surface area contributed by atoms with E-state index in [9.17, 15) is 4.79 Å². The Morgan fingerprint density at radius 3 is 2.93 bits per heavy atom. The summed E-state index contributed by atoms with van der Waals surface area (Å²) in [5, 5.41) is 7.32. The Morgan fingerprint density at radius 1 is 1.21 bits per heavy atom. The number of benzene rings is 2. The molecule has 2 aromatic heterocycles. The van der Waals surface area contributed by atoms with E-state index in [-0.39, 0.29) is 17.7 Å². The van der Waals surface area contributed by atoms with Gasteiger partial charge < -0.3 is 9.26 Å². The van der Waals surface area contributed by atoms with Crippen molar-refractivity contribution in [2.45, 2.75) is 33.3 Å². The minimum absolute atomic E-state index is 0.178. The number of carbonyl (C=O) groups is 1. The molecule has 1 aliphatic rings. The van der Waals surface area contributed by atoms with Gasteiger partial charge in [0.1, 0.15) is 11.9 Å². The highest BCUT2D eigenvalue weighted by atomic mass is 32.1. The van der Waals surface area contributed by atoms with Crippen molar-refractivity contribution in [3.05, 3.63) is 58.8 Å². The number of hydrogen-bond donors (Lipinski definition) is 1. The number of ether oxygens (including phenoxy) is 1. The van der Waals surface area contributed by atoms with Crippen LogP contribution in [0, 0.1) is 13.8 Å². The summed E-state index contributed by atoms with van der Waals surface area (Å²) < 4.78 is 12.2. The number of amides is 1. The van der Waals surface area contributed by atoms with Gasteiger partial charge in [0.25, 0.3) is 5.91 Å². The number of rotatable bonds is 3. The minimum Gasteiger partial charge on any atom is -0.490 e. The van der Waals surface area contributed by atoms with Crippen LogP contribution in [0.25, 0.3) is 21.5 Å². The largest absolute Gasteiger partial charge is 0.490 e. The quantitative estimate of drug-likeness (QED) is 0.510. The van der Waals surface area contributed by atoms with E-state index in [0.717, 1.165) is 39.1 Å². The lowest BCUT2D eigenvalue weighted by atomic mass is 10.1. The van der Waals surface area contributed by atoms with Crippen molar-refractivity contribution in [2.24, 2.45) is 0 Å². The Balaban J connectivity index is 1.37. The van der Waals surface area contributed by atoms with Crippen molar-refractivity contribution in [3.8, 4) is 17.1 Å². The van der Waals surface area contributed by atoms with Gasteiger partial charge in [0, 0.05) is 18.1 Å². The fourth-order valence-corrected chi connectivity index (χ4v) is 4.72. The molecule has 1 unspecified atom stereocenters. The Labute approximate surface area is 171 Å². The Hall–Kier alpha value is -3.19. The van der Waals surface area contributed by atoms with Crippen LogP contribution in [0.4, 0.5) is 5.13 Å². The number of aryl methyl sites for hydroxylation is 2. The minimum atomic E-state index is -0.341. The molecule has 4 aromatic rings. The fraction of sp³-hybridized carbons (Fsp3) is 0.227. The Bertz CT molecular complexity index is 1260. The van der Waals surface area contributed by atoms with Crippen molar-refractivity contribution >= 4 is 32.6 Å². The zero-order valence-corrected chi connectivity index (χ0v) is 17.1. The predicted octanol–water partition coefficient (Wildman–Crippen LogP) is 5.14. The Morgan fingerprint density at radius 2 is 2.07 bits per heavy atom. The van der Waals surface area contributed by atoms with Crippen LogP contribution in [0.1, 0.15) is 34.1 Å². The average molecular weight is 405 g/mol. The number of nitrogens with zero attached hydrogens (tertiary/aromatic N) is 2. The van der Waals surface area contributed by atoms with E-state index >= 15 is 0 Å².